The van der Waals surface area contributed by atoms with Crippen LogP contribution in [0.2, 0.25) is 5.02 Å². The largest absolute Gasteiger partial charge is 0.487 e. The zero-order valence-corrected chi connectivity index (χ0v) is 28.0. The van der Waals surface area contributed by atoms with Crippen LogP contribution in [0.5, 0.6) is 5.75 Å². The molecule has 1 heterocycles. The molecule has 0 aromatic heterocycles. The number of fused-ring (bicyclic) bond motifs is 1. The lowest BCUT2D eigenvalue weighted by molar-refractivity contribution is -0.384. The highest BCUT2D eigenvalue weighted by Crippen LogP contribution is 2.42. The molecule has 45 heavy (non-hydrogen) atoms. The van der Waals surface area contributed by atoms with Gasteiger partial charge in [0.25, 0.3) is 21.6 Å². The summed E-state index contributed by atoms with van der Waals surface area (Å²) in [4.78, 5) is 25.6. The van der Waals surface area contributed by atoms with Gasteiger partial charge >= 0.3 is 0 Å². The van der Waals surface area contributed by atoms with Gasteiger partial charge in [0.05, 0.1) is 36.4 Å². The number of nitro benzene ring substituents is 1. The molecule has 1 N–H and O–H groups in total. The topological polar surface area (TPSA) is 143 Å². The summed E-state index contributed by atoms with van der Waals surface area (Å²) in [5.74, 6) is -0.213. The van der Waals surface area contributed by atoms with Crippen molar-refractivity contribution in [2.24, 2.45) is 0 Å². The molecule has 0 bridgehead atoms. The highest BCUT2D eigenvalue weighted by atomic mass is 79.9. The quantitative estimate of drug-likeness (QED) is 0.147. The number of rotatable bonds is 9. The van der Waals surface area contributed by atoms with E-state index < -0.39 is 37.5 Å². The van der Waals surface area contributed by atoms with Crippen molar-refractivity contribution in [1.82, 2.24) is 9.62 Å². The first kappa shape index (κ1) is 32.6. The van der Waals surface area contributed by atoms with Crippen LogP contribution < -0.4 is 9.46 Å². The molecule has 1 amide bonds. The van der Waals surface area contributed by atoms with Crippen LogP contribution >= 0.6 is 43.5 Å². The molecule has 0 saturated heterocycles. The second-order valence-corrected chi connectivity index (χ2v) is 13.9. The Balaban J connectivity index is 1.44. The van der Waals surface area contributed by atoms with Gasteiger partial charge in [0, 0.05) is 19.2 Å². The van der Waals surface area contributed by atoms with Crippen molar-refractivity contribution in [3.05, 3.63) is 131 Å². The molecule has 5 rings (SSSR count). The molecule has 14 heteroatoms. The number of sulfonamides is 1. The Morgan fingerprint density at radius 1 is 1.09 bits per heavy atom. The van der Waals surface area contributed by atoms with Crippen molar-refractivity contribution in [2.45, 2.75) is 37.1 Å². The van der Waals surface area contributed by atoms with Crippen LogP contribution in [0, 0.1) is 21.4 Å². The summed E-state index contributed by atoms with van der Waals surface area (Å²) >= 11 is 13.1. The number of carbonyl (C=O) groups excluding carboxylic acids is 1. The molecule has 230 valence electrons. The second-order valence-electron chi connectivity index (χ2n) is 10.2. The van der Waals surface area contributed by atoms with Crippen molar-refractivity contribution in [3.63, 3.8) is 0 Å². The van der Waals surface area contributed by atoms with Crippen LogP contribution in [0.3, 0.4) is 0 Å². The third-order valence-electron chi connectivity index (χ3n) is 7.24. The first-order chi connectivity index (χ1) is 21.5. The molecule has 0 unspecified atom stereocenters. The number of ether oxygens (including phenoxy) is 1. The van der Waals surface area contributed by atoms with Crippen LogP contribution in [0.25, 0.3) is 0 Å². The Morgan fingerprint density at radius 3 is 2.47 bits per heavy atom. The standard InChI is InChI=1S/C31H23Br2ClN4O6S/c32-25-12-22-13-28(31(39)36-45(42,43)23-10-11-26(34)27(14-23)38(40)41)37(16-20-4-2-1-3-5-20)17-24(22)29(33)30(25)44-18-21-8-6-19(15-35)7-9-21/h1-12,14,28H,13,16-18H2,(H,36,39)/t28-/m0/s1. The van der Waals surface area contributed by atoms with Crippen molar-refractivity contribution in [2.75, 3.05) is 0 Å². The molecule has 0 aliphatic carbocycles. The van der Waals surface area contributed by atoms with E-state index in [1.165, 1.54) is 0 Å². The fourth-order valence-corrected chi connectivity index (χ4v) is 7.74. The van der Waals surface area contributed by atoms with Crippen molar-refractivity contribution < 1.29 is 22.9 Å². The minimum Gasteiger partial charge on any atom is -0.487 e. The maximum atomic E-state index is 13.7. The summed E-state index contributed by atoms with van der Waals surface area (Å²) in [5, 5.41) is 20.2. The van der Waals surface area contributed by atoms with Crippen LogP contribution in [-0.2, 0) is 40.9 Å². The van der Waals surface area contributed by atoms with Crippen LogP contribution in [0.15, 0.2) is 92.7 Å². The van der Waals surface area contributed by atoms with Crippen molar-refractivity contribution >= 4 is 65.1 Å². The zero-order chi connectivity index (χ0) is 32.3. The van der Waals surface area contributed by atoms with E-state index in [1.54, 1.807) is 12.1 Å². The Bertz CT molecular complexity index is 1940. The van der Waals surface area contributed by atoms with E-state index >= 15 is 0 Å². The lowest BCUT2D eigenvalue weighted by Crippen LogP contribution is -2.51. The predicted molar refractivity (Wildman–Crippen MR) is 174 cm³/mol. The zero-order valence-electron chi connectivity index (χ0n) is 23.2. The van der Waals surface area contributed by atoms with Gasteiger partial charge in [0.2, 0.25) is 0 Å². The maximum absolute atomic E-state index is 13.7. The summed E-state index contributed by atoms with van der Waals surface area (Å²) in [5.41, 5.74) is 3.44. The van der Waals surface area contributed by atoms with E-state index in [0.29, 0.717) is 26.8 Å². The summed E-state index contributed by atoms with van der Waals surface area (Å²) in [6.45, 7) is 0.881. The smallest absolute Gasteiger partial charge is 0.289 e. The molecule has 0 radical (unpaired) electrons. The van der Waals surface area contributed by atoms with Gasteiger partial charge in [-0.3, -0.25) is 19.8 Å². The number of nitrogens with zero attached hydrogens (tertiary/aromatic N) is 3. The summed E-state index contributed by atoms with van der Waals surface area (Å²) in [6.07, 6.45) is 0.178. The van der Waals surface area contributed by atoms with Gasteiger partial charge in [0.15, 0.2) is 0 Å². The van der Waals surface area contributed by atoms with E-state index in [9.17, 15) is 23.3 Å². The van der Waals surface area contributed by atoms with Crippen LogP contribution in [0.4, 0.5) is 5.69 Å². The van der Waals surface area contributed by atoms with Gasteiger partial charge < -0.3 is 4.74 Å². The highest BCUT2D eigenvalue weighted by Gasteiger charge is 2.36. The number of nitriles is 1. The maximum Gasteiger partial charge on any atom is 0.289 e. The number of amides is 1. The summed E-state index contributed by atoms with van der Waals surface area (Å²) in [6, 6.07) is 22.6. The minimum absolute atomic E-state index is 0.178. The first-order valence-electron chi connectivity index (χ1n) is 13.4. The van der Waals surface area contributed by atoms with Crippen LogP contribution in [0.1, 0.15) is 27.8 Å². The van der Waals surface area contributed by atoms with Gasteiger partial charge in [0.1, 0.15) is 17.4 Å². The first-order valence-corrected chi connectivity index (χ1v) is 16.8. The van der Waals surface area contributed by atoms with Gasteiger partial charge in [-0.15, -0.1) is 0 Å². The number of carbonyl (C=O) groups is 1. The highest BCUT2D eigenvalue weighted by molar-refractivity contribution is 9.11. The Labute approximate surface area is 281 Å². The number of nitrogens with one attached hydrogen (secondary N) is 1. The molecular weight excluding hydrogens is 752 g/mol. The lowest BCUT2D eigenvalue weighted by Gasteiger charge is -2.37. The van der Waals surface area contributed by atoms with Gasteiger partial charge in [-0.25, -0.2) is 13.1 Å². The van der Waals surface area contributed by atoms with E-state index in [0.717, 1.165) is 40.5 Å². The number of halogens is 3. The molecule has 10 nitrogen and oxygen atoms in total. The number of hydrogen-bond acceptors (Lipinski definition) is 8. The van der Waals surface area contributed by atoms with Crippen molar-refractivity contribution in [1.29, 1.82) is 5.26 Å². The molecule has 1 aliphatic rings. The number of nitro groups is 1. The van der Waals surface area contributed by atoms with E-state index in [4.69, 9.17) is 21.6 Å². The SMILES string of the molecule is N#Cc1ccc(COc2c(Br)cc3c(c2Br)CN(Cc2ccccc2)[C@H](C(=O)NS(=O)(=O)c2ccc(Cl)c([N+](=O)[O-])c2)C3)cc1. The number of benzene rings is 4. The van der Waals surface area contributed by atoms with Gasteiger partial charge in [-0.1, -0.05) is 54.1 Å². The predicted octanol–water partition coefficient (Wildman–Crippen LogP) is 6.66. The second kappa shape index (κ2) is 13.7. The van der Waals surface area contributed by atoms with E-state index in [2.05, 4.69) is 42.7 Å². The van der Waals surface area contributed by atoms with Crippen molar-refractivity contribution in [3.8, 4) is 11.8 Å². The Morgan fingerprint density at radius 2 is 1.80 bits per heavy atom. The molecule has 1 aliphatic heterocycles. The van der Waals surface area contributed by atoms with E-state index in [1.807, 2.05) is 53.4 Å². The minimum atomic E-state index is -4.46. The average molecular weight is 775 g/mol. The van der Waals surface area contributed by atoms with E-state index in [-0.39, 0.29) is 24.6 Å². The molecule has 4 aromatic rings. The third-order valence-corrected chi connectivity index (χ3v) is 10.3. The normalized spacial score (nSPS) is 14.7. The molecule has 0 saturated carbocycles. The average Bonchev–Trinajstić information content (AvgIpc) is 3.01. The van der Waals surface area contributed by atoms with Gasteiger partial charge in [-0.05, 0) is 90.9 Å². The number of hydrogen-bond donors (Lipinski definition) is 1. The Kier molecular flexibility index (Phi) is 9.91. The summed E-state index contributed by atoms with van der Waals surface area (Å²) in [7, 11) is -4.46. The fraction of sp³-hybridized carbons (Fsp3) is 0.161. The molecule has 0 fully saturated rings. The molecule has 1 atom stereocenters. The fourth-order valence-electron chi connectivity index (χ4n) is 4.96. The molecule has 4 aromatic carbocycles. The Hall–Kier alpha value is -3.80. The summed E-state index contributed by atoms with van der Waals surface area (Å²) < 4.78 is 36.0. The molecule has 0 spiro atoms. The third kappa shape index (κ3) is 7.37. The lowest BCUT2D eigenvalue weighted by atomic mass is 9.92. The monoisotopic (exact) mass is 772 g/mol. The van der Waals surface area contributed by atoms with Gasteiger partial charge in [-0.2, -0.15) is 5.26 Å². The molecular formula is C31H23Br2ClN4O6S. The van der Waals surface area contributed by atoms with Crippen LogP contribution in [-0.4, -0.2) is 30.2 Å².